The van der Waals surface area contributed by atoms with Crippen LogP contribution in [0.4, 0.5) is 10.5 Å². The molecule has 1 aliphatic heterocycles. The number of aliphatic hydroxyl groups excluding tert-OH is 1. The maximum atomic E-state index is 13.6. The van der Waals surface area contributed by atoms with Crippen molar-refractivity contribution >= 4 is 17.6 Å². The summed E-state index contributed by atoms with van der Waals surface area (Å²) in [6.45, 7) is 4.30. The number of rotatable bonds is 5. The minimum Gasteiger partial charge on any atom is -0.472 e. The molecule has 1 aliphatic carbocycles. The van der Waals surface area contributed by atoms with E-state index in [-0.39, 0.29) is 36.4 Å². The zero-order valence-electron chi connectivity index (χ0n) is 22.5. The average molecular weight is 519 g/mol. The number of hydrogen-bond donors (Lipinski definition) is 2. The number of amides is 3. The molecule has 0 spiro atoms. The first-order valence-corrected chi connectivity index (χ1v) is 13.5. The maximum Gasteiger partial charge on any atom is 0.321 e. The fraction of sp³-hybridized carbons (Fsp3) is 0.500. The smallest absolute Gasteiger partial charge is 0.321 e. The first-order chi connectivity index (χ1) is 18.4. The van der Waals surface area contributed by atoms with Gasteiger partial charge in [-0.25, -0.2) is 9.78 Å². The Balaban J connectivity index is 1.57. The van der Waals surface area contributed by atoms with E-state index < -0.39 is 6.10 Å². The number of carbonyl (C=O) groups is 2. The Morgan fingerprint density at radius 3 is 2.71 bits per heavy atom. The lowest BCUT2D eigenvalue weighted by molar-refractivity contribution is 0.0356. The molecule has 2 aliphatic rings. The van der Waals surface area contributed by atoms with Crippen LogP contribution in [0.1, 0.15) is 61.9 Å². The van der Waals surface area contributed by atoms with Gasteiger partial charge >= 0.3 is 6.03 Å². The highest BCUT2D eigenvalue weighted by Gasteiger charge is 2.34. The number of nitrogens with one attached hydrogen (secondary N) is 1. The first-order valence-electron chi connectivity index (χ1n) is 13.5. The molecule has 202 valence electrons. The van der Waals surface area contributed by atoms with Gasteiger partial charge in [0.05, 0.1) is 19.2 Å². The zero-order valence-corrected chi connectivity index (χ0v) is 22.5. The molecule has 8 heteroatoms. The fourth-order valence-electron chi connectivity index (χ4n) is 4.91. The number of hydrogen-bond acceptors (Lipinski definition) is 5. The van der Waals surface area contributed by atoms with E-state index in [0.717, 1.165) is 12.8 Å². The summed E-state index contributed by atoms with van der Waals surface area (Å²) >= 11 is 0. The Labute approximate surface area is 225 Å². The van der Waals surface area contributed by atoms with Gasteiger partial charge < -0.3 is 25.0 Å². The Hall–Kier alpha value is -3.57. The topological polar surface area (TPSA) is 95.0 Å². The summed E-state index contributed by atoms with van der Waals surface area (Å²) in [5.74, 6) is 6.82. The fourth-order valence-corrected chi connectivity index (χ4v) is 4.91. The molecular weight excluding hydrogens is 480 g/mol. The summed E-state index contributed by atoms with van der Waals surface area (Å²) in [5.41, 5.74) is 1.71. The Morgan fingerprint density at radius 2 is 2.00 bits per heavy atom. The Kier molecular flexibility index (Phi) is 9.24. The molecule has 8 nitrogen and oxygen atoms in total. The van der Waals surface area contributed by atoms with Crippen LogP contribution in [0, 0.1) is 23.7 Å². The van der Waals surface area contributed by atoms with Gasteiger partial charge in [0.15, 0.2) is 0 Å². The summed E-state index contributed by atoms with van der Waals surface area (Å²) in [6, 6.07) is 10.4. The van der Waals surface area contributed by atoms with Crippen LogP contribution < -0.4 is 10.1 Å². The van der Waals surface area contributed by atoms with Crippen molar-refractivity contribution in [1.29, 1.82) is 0 Å². The van der Waals surface area contributed by atoms with Crippen molar-refractivity contribution in [3.8, 4) is 17.7 Å². The highest BCUT2D eigenvalue weighted by Crippen LogP contribution is 2.28. The second kappa shape index (κ2) is 12.8. The van der Waals surface area contributed by atoms with Crippen LogP contribution in [-0.4, -0.2) is 70.7 Å². The second-order valence-corrected chi connectivity index (χ2v) is 10.5. The van der Waals surface area contributed by atoms with E-state index in [0.29, 0.717) is 35.8 Å². The van der Waals surface area contributed by atoms with Crippen LogP contribution in [0.3, 0.4) is 0 Å². The lowest BCUT2D eigenvalue weighted by Crippen LogP contribution is -2.50. The summed E-state index contributed by atoms with van der Waals surface area (Å²) in [4.78, 5) is 34.2. The lowest BCUT2D eigenvalue weighted by Gasteiger charge is -2.37. The van der Waals surface area contributed by atoms with Crippen molar-refractivity contribution in [1.82, 2.24) is 14.8 Å². The van der Waals surface area contributed by atoms with Gasteiger partial charge in [0.2, 0.25) is 5.88 Å². The van der Waals surface area contributed by atoms with E-state index in [4.69, 9.17) is 4.74 Å². The van der Waals surface area contributed by atoms with Crippen molar-refractivity contribution in [2.75, 3.05) is 32.1 Å². The summed E-state index contributed by atoms with van der Waals surface area (Å²) in [6.07, 6.45) is 7.13. The minimum atomic E-state index is -0.423. The molecule has 1 saturated carbocycles. The molecule has 0 unspecified atom stereocenters. The van der Waals surface area contributed by atoms with E-state index in [9.17, 15) is 14.7 Å². The number of para-hydroxylation sites is 1. The Bertz CT molecular complexity index is 1170. The van der Waals surface area contributed by atoms with Crippen LogP contribution in [0.2, 0.25) is 0 Å². The van der Waals surface area contributed by atoms with E-state index >= 15 is 0 Å². The van der Waals surface area contributed by atoms with E-state index in [1.54, 1.807) is 29.1 Å². The summed E-state index contributed by atoms with van der Waals surface area (Å²) < 4.78 is 6.31. The number of aliphatic hydroxyl groups is 1. The van der Waals surface area contributed by atoms with Gasteiger partial charge in [0, 0.05) is 42.9 Å². The largest absolute Gasteiger partial charge is 0.472 e. The third kappa shape index (κ3) is 6.84. The number of urea groups is 1. The third-order valence-corrected chi connectivity index (χ3v) is 7.37. The summed E-state index contributed by atoms with van der Waals surface area (Å²) in [5, 5.41) is 12.8. The summed E-state index contributed by atoms with van der Waals surface area (Å²) in [7, 11) is 1.71. The molecule has 1 aromatic carbocycles. The second-order valence-electron chi connectivity index (χ2n) is 10.5. The predicted octanol–water partition coefficient (Wildman–Crippen LogP) is 4.40. The molecule has 1 fully saturated rings. The number of pyridine rings is 1. The van der Waals surface area contributed by atoms with Crippen molar-refractivity contribution in [3.05, 3.63) is 53.7 Å². The molecule has 2 N–H and O–H groups in total. The molecule has 38 heavy (non-hydrogen) atoms. The highest BCUT2D eigenvalue weighted by molar-refractivity contribution is 5.97. The normalized spacial score (nSPS) is 20.6. The Morgan fingerprint density at radius 1 is 1.26 bits per heavy atom. The van der Waals surface area contributed by atoms with E-state index in [1.165, 1.54) is 19.3 Å². The standard InChI is InChI=1S/C30H38N4O4/c1-21-18-34(22(2)20-35)29(36)26-16-24(15-14-23-10-6-4-7-11-23)17-31-28(26)38-27(21)19-33(3)30(37)32-25-12-8-5-9-13-25/h5,8-9,12-13,16-17,21-23,27,35H,4,6-7,10-11,18-20H2,1-3H3,(H,32,37)/t21-,22+,27-/m1/s1. The predicted molar refractivity (Wildman–Crippen MR) is 147 cm³/mol. The molecule has 2 aromatic rings. The van der Waals surface area contributed by atoms with Gasteiger partial charge in [-0.15, -0.1) is 0 Å². The van der Waals surface area contributed by atoms with Crippen molar-refractivity contribution in [3.63, 3.8) is 0 Å². The molecule has 1 aromatic heterocycles. The molecule has 3 amide bonds. The number of fused-ring (bicyclic) bond motifs is 1. The third-order valence-electron chi connectivity index (χ3n) is 7.37. The van der Waals surface area contributed by atoms with E-state index in [2.05, 4.69) is 22.1 Å². The molecular formula is C30H38N4O4. The van der Waals surface area contributed by atoms with Crippen LogP contribution in [-0.2, 0) is 0 Å². The van der Waals surface area contributed by atoms with Gasteiger partial charge in [-0.05, 0) is 38.0 Å². The van der Waals surface area contributed by atoms with Gasteiger partial charge in [-0.3, -0.25) is 4.79 Å². The van der Waals surface area contributed by atoms with Gasteiger partial charge in [-0.1, -0.05) is 56.2 Å². The molecule has 0 radical (unpaired) electrons. The molecule has 4 rings (SSSR count). The quantitative estimate of drug-likeness (QED) is 0.573. The SMILES string of the molecule is C[C@@H]1CN([C@@H](C)CO)C(=O)c2cc(C#CC3CCCCC3)cnc2O[C@@H]1CN(C)C(=O)Nc1ccccc1. The zero-order chi connectivity index (χ0) is 27.1. The first kappa shape index (κ1) is 27.5. The molecule has 2 heterocycles. The molecule has 0 bridgehead atoms. The van der Waals surface area contributed by atoms with Crippen molar-refractivity contribution in [2.24, 2.45) is 11.8 Å². The number of carbonyl (C=O) groups excluding carboxylic acids is 2. The minimum absolute atomic E-state index is 0.124. The number of ether oxygens (including phenoxy) is 1. The van der Waals surface area contributed by atoms with Crippen LogP contribution in [0.25, 0.3) is 0 Å². The number of benzene rings is 1. The van der Waals surface area contributed by atoms with Crippen molar-refractivity contribution < 1.29 is 19.4 Å². The number of nitrogens with zero attached hydrogens (tertiary/aromatic N) is 3. The van der Waals surface area contributed by atoms with Crippen LogP contribution in [0.5, 0.6) is 5.88 Å². The maximum absolute atomic E-state index is 13.6. The number of anilines is 1. The van der Waals surface area contributed by atoms with Crippen LogP contribution in [0.15, 0.2) is 42.6 Å². The van der Waals surface area contributed by atoms with Crippen molar-refractivity contribution in [2.45, 2.75) is 58.1 Å². The van der Waals surface area contributed by atoms with Crippen LogP contribution >= 0.6 is 0 Å². The number of likely N-dealkylation sites (N-methyl/N-ethyl adjacent to an activating group) is 1. The average Bonchev–Trinajstić information content (AvgIpc) is 2.94. The van der Waals surface area contributed by atoms with Gasteiger partial charge in [-0.2, -0.15) is 0 Å². The monoisotopic (exact) mass is 518 g/mol. The van der Waals surface area contributed by atoms with Gasteiger partial charge in [0.1, 0.15) is 11.7 Å². The molecule has 3 atom stereocenters. The van der Waals surface area contributed by atoms with E-state index in [1.807, 2.05) is 44.2 Å². The van der Waals surface area contributed by atoms with Gasteiger partial charge in [0.25, 0.3) is 5.91 Å². The lowest BCUT2D eigenvalue weighted by atomic mass is 9.90. The number of aromatic nitrogens is 1. The molecule has 0 saturated heterocycles. The highest BCUT2D eigenvalue weighted by atomic mass is 16.5.